The molecule has 7 heteroatoms. The fourth-order valence-corrected chi connectivity index (χ4v) is 2.52. The minimum absolute atomic E-state index is 0.106. The van der Waals surface area contributed by atoms with Gasteiger partial charge in [-0.2, -0.15) is 0 Å². The van der Waals surface area contributed by atoms with Crippen LogP contribution in [0.3, 0.4) is 0 Å². The summed E-state index contributed by atoms with van der Waals surface area (Å²) in [4.78, 5) is 28.7. The standard InChI is InChI=1S/C20H19FN4O2/c1-13(2)14-3-9-17(10-4-14)25-12-11-22-18(19(25)26)24-20(27)23-16-7-5-15(21)6-8-16/h3-13H,1-2H3,(H2,22,23,24,27). The quantitative estimate of drug-likeness (QED) is 0.729. The molecule has 2 aromatic carbocycles. The molecule has 0 radical (unpaired) electrons. The molecule has 0 saturated carbocycles. The minimum Gasteiger partial charge on any atom is -0.308 e. The van der Waals surface area contributed by atoms with Crippen molar-refractivity contribution in [2.24, 2.45) is 0 Å². The van der Waals surface area contributed by atoms with Crippen molar-refractivity contribution in [3.8, 4) is 5.69 Å². The van der Waals surface area contributed by atoms with Crippen LogP contribution in [0.1, 0.15) is 25.3 Å². The number of nitrogens with zero attached hydrogens (tertiary/aromatic N) is 2. The normalized spacial score (nSPS) is 10.7. The molecule has 6 nitrogen and oxygen atoms in total. The van der Waals surface area contributed by atoms with Crippen LogP contribution in [0.5, 0.6) is 0 Å². The van der Waals surface area contributed by atoms with E-state index in [1.54, 1.807) is 0 Å². The number of rotatable bonds is 4. The zero-order valence-corrected chi connectivity index (χ0v) is 14.9. The summed E-state index contributed by atoms with van der Waals surface area (Å²) in [6, 6.07) is 12.3. The van der Waals surface area contributed by atoms with Crippen LogP contribution in [0, 0.1) is 5.82 Å². The van der Waals surface area contributed by atoms with Crippen LogP contribution in [0.2, 0.25) is 0 Å². The first kappa shape index (κ1) is 18.3. The number of hydrogen-bond donors (Lipinski definition) is 2. The average molecular weight is 366 g/mol. The van der Waals surface area contributed by atoms with Crippen molar-refractivity contribution in [1.82, 2.24) is 9.55 Å². The molecule has 0 aliphatic rings. The molecule has 0 atom stereocenters. The molecule has 0 saturated heterocycles. The van der Waals surface area contributed by atoms with Gasteiger partial charge in [0.1, 0.15) is 5.82 Å². The van der Waals surface area contributed by atoms with E-state index in [2.05, 4.69) is 29.5 Å². The molecule has 1 aromatic heterocycles. The zero-order valence-electron chi connectivity index (χ0n) is 14.9. The van der Waals surface area contributed by atoms with Crippen LogP contribution in [-0.2, 0) is 0 Å². The van der Waals surface area contributed by atoms with Crippen LogP contribution in [0.25, 0.3) is 5.69 Å². The first-order valence-corrected chi connectivity index (χ1v) is 8.45. The van der Waals surface area contributed by atoms with Gasteiger partial charge in [0.25, 0.3) is 5.56 Å². The van der Waals surface area contributed by atoms with Crippen LogP contribution in [0.4, 0.5) is 20.7 Å². The molecule has 0 fully saturated rings. The Hall–Kier alpha value is -3.48. The monoisotopic (exact) mass is 366 g/mol. The highest BCUT2D eigenvalue weighted by Crippen LogP contribution is 2.16. The molecular weight excluding hydrogens is 347 g/mol. The maximum absolute atomic E-state index is 12.9. The van der Waals surface area contributed by atoms with E-state index in [1.165, 1.54) is 41.2 Å². The predicted molar refractivity (Wildman–Crippen MR) is 103 cm³/mol. The second-order valence-electron chi connectivity index (χ2n) is 6.28. The van der Waals surface area contributed by atoms with Gasteiger partial charge in [-0.05, 0) is 47.9 Å². The largest absolute Gasteiger partial charge is 0.325 e. The molecule has 2 N–H and O–H groups in total. The van der Waals surface area contributed by atoms with Gasteiger partial charge in [0.05, 0.1) is 0 Å². The van der Waals surface area contributed by atoms with Crippen molar-refractivity contribution >= 4 is 17.5 Å². The van der Waals surface area contributed by atoms with E-state index in [0.717, 1.165) is 5.56 Å². The van der Waals surface area contributed by atoms with E-state index < -0.39 is 17.4 Å². The van der Waals surface area contributed by atoms with Gasteiger partial charge < -0.3 is 5.32 Å². The molecule has 3 rings (SSSR count). The summed E-state index contributed by atoms with van der Waals surface area (Å²) in [5.41, 5.74) is 1.78. The molecule has 2 amide bonds. The van der Waals surface area contributed by atoms with Gasteiger partial charge >= 0.3 is 6.03 Å². The summed E-state index contributed by atoms with van der Waals surface area (Å²) < 4.78 is 14.3. The van der Waals surface area contributed by atoms with Crippen molar-refractivity contribution in [3.05, 3.63) is 82.7 Å². The van der Waals surface area contributed by atoms with Crippen LogP contribution in [-0.4, -0.2) is 15.6 Å². The summed E-state index contributed by atoms with van der Waals surface area (Å²) in [5, 5.41) is 4.94. The van der Waals surface area contributed by atoms with Crippen molar-refractivity contribution < 1.29 is 9.18 Å². The highest BCUT2D eigenvalue weighted by molar-refractivity contribution is 5.99. The third kappa shape index (κ3) is 4.38. The predicted octanol–water partition coefficient (Wildman–Crippen LogP) is 4.14. The Labute approximate surface area is 155 Å². The van der Waals surface area contributed by atoms with E-state index >= 15 is 0 Å². The van der Waals surface area contributed by atoms with Gasteiger partial charge in [0, 0.05) is 23.8 Å². The summed E-state index contributed by atoms with van der Waals surface area (Å²) >= 11 is 0. The number of anilines is 2. The Balaban J connectivity index is 1.79. The molecular formula is C20H19FN4O2. The van der Waals surface area contributed by atoms with Crippen LogP contribution < -0.4 is 16.2 Å². The maximum atomic E-state index is 12.9. The molecule has 138 valence electrons. The second-order valence-corrected chi connectivity index (χ2v) is 6.28. The summed E-state index contributed by atoms with van der Waals surface area (Å²) in [5.74, 6) is -0.122. The zero-order chi connectivity index (χ0) is 19.4. The number of carbonyl (C=O) groups is 1. The number of hydrogen-bond acceptors (Lipinski definition) is 3. The molecule has 0 unspecified atom stereocenters. The third-order valence-electron chi connectivity index (χ3n) is 4.01. The molecule has 3 aromatic rings. The van der Waals surface area contributed by atoms with E-state index in [9.17, 15) is 14.0 Å². The molecule has 0 bridgehead atoms. The van der Waals surface area contributed by atoms with Crippen molar-refractivity contribution in [1.29, 1.82) is 0 Å². The van der Waals surface area contributed by atoms with E-state index in [0.29, 0.717) is 17.3 Å². The Morgan fingerprint density at radius 3 is 2.33 bits per heavy atom. The van der Waals surface area contributed by atoms with Crippen LogP contribution >= 0.6 is 0 Å². The number of urea groups is 1. The lowest BCUT2D eigenvalue weighted by atomic mass is 10.0. The number of amides is 2. The fraction of sp³-hybridized carbons (Fsp3) is 0.150. The Kier molecular flexibility index (Phi) is 5.30. The smallest absolute Gasteiger partial charge is 0.308 e. The average Bonchev–Trinajstić information content (AvgIpc) is 2.65. The number of benzene rings is 2. The highest BCUT2D eigenvalue weighted by Gasteiger charge is 2.11. The first-order valence-electron chi connectivity index (χ1n) is 8.45. The number of halogens is 1. The maximum Gasteiger partial charge on any atom is 0.325 e. The number of carbonyl (C=O) groups excluding carboxylic acids is 1. The molecule has 0 aliphatic carbocycles. The number of aromatic nitrogens is 2. The van der Waals surface area contributed by atoms with Gasteiger partial charge in [-0.3, -0.25) is 14.7 Å². The lowest BCUT2D eigenvalue weighted by Crippen LogP contribution is -2.28. The topological polar surface area (TPSA) is 76.0 Å². The Bertz CT molecular complexity index is 996. The lowest BCUT2D eigenvalue weighted by Gasteiger charge is -2.11. The molecule has 0 aliphatic heterocycles. The van der Waals surface area contributed by atoms with E-state index in [-0.39, 0.29) is 5.82 Å². The van der Waals surface area contributed by atoms with Gasteiger partial charge in [-0.15, -0.1) is 0 Å². The van der Waals surface area contributed by atoms with Crippen LogP contribution in [0.15, 0.2) is 65.7 Å². The van der Waals surface area contributed by atoms with Gasteiger partial charge in [-0.25, -0.2) is 14.2 Å². The fourth-order valence-electron chi connectivity index (χ4n) is 2.52. The summed E-state index contributed by atoms with van der Waals surface area (Å²) in [7, 11) is 0. The van der Waals surface area contributed by atoms with E-state index in [4.69, 9.17) is 0 Å². The van der Waals surface area contributed by atoms with E-state index in [1.807, 2.05) is 24.3 Å². The van der Waals surface area contributed by atoms with Crippen molar-refractivity contribution in [3.63, 3.8) is 0 Å². The van der Waals surface area contributed by atoms with Gasteiger partial charge in [0.2, 0.25) is 5.82 Å². The summed E-state index contributed by atoms with van der Waals surface area (Å²) in [6.07, 6.45) is 2.97. The third-order valence-corrected chi connectivity index (χ3v) is 4.01. The second kappa shape index (κ2) is 7.82. The Morgan fingerprint density at radius 2 is 1.70 bits per heavy atom. The molecule has 0 spiro atoms. The summed E-state index contributed by atoms with van der Waals surface area (Å²) in [6.45, 7) is 4.19. The molecule has 1 heterocycles. The minimum atomic E-state index is -0.640. The highest BCUT2D eigenvalue weighted by atomic mass is 19.1. The number of nitrogens with one attached hydrogen (secondary N) is 2. The Morgan fingerprint density at radius 1 is 1.04 bits per heavy atom. The van der Waals surface area contributed by atoms with Crippen molar-refractivity contribution in [2.45, 2.75) is 19.8 Å². The SMILES string of the molecule is CC(C)c1ccc(-n2ccnc(NC(=O)Nc3ccc(F)cc3)c2=O)cc1. The van der Waals surface area contributed by atoms with Crippen molar-refractivity contribution in [2.75, 3.05) is 10.6 Å². The lowest BCUT2D eigenvalue weighted by molar-refractivity contribution is 0.262. The van der Waals surface area contributed by atoms with Gasteiger partial charge in [0.15, 0.2) is 0 Å². The van der Waals surface area contributed by atoms with Gasteiger partial charge in [-0.1, -0.05) is 26.0 Å². The first-order chi connectivity index (χ1) is 12.9. The molecule has 27 heavy (non-hydrogen) atoms.